The molecule has 0 N–H and O–H groups in total. The number of hydrogen-bond acceptors (Lipinski definition) is 3. The summed E-state index contributed by atoms with van der Waals surface area (Å²) < 4.78 is 30.6. The van der Waals surface area contributed by atoms with Gasteiger partial charge in [-0.3, -0.25) is 0 Å². The summed E-state index contributed by atoms with van der Waals surface area (Å²) in [5.74, 6) is 0.367. The average Bonchev–Trinajstić information content (AvgIpc) is 2.44. The van der Waals surface area contributed by atoms with E-state index in [4.69, 9.17) is 16.3 Å². The van der Waals surface area contributed by atoms with E-state index in [1.807, 2.05) is 0 Å². The number of alkyl halides is 2. The van der Waals surface area contributed by atoms with Gasteiger partial charge in [-0.05, 0) is 15.9 Å². The molecule has 3 nitrogen and oxygen atoms in total. The zero-order valence-corrected chi connectivity index (χ0v) is 12.8. The molecule has 20 heavy (non-hydrogen) atoms. The maximum Gasteiger partial charge on any atom is 0.263 e. The predicted molar refractivity (Wildman–Crippen MR) is 75.8 cm³/mol. The Labute approximate surface area is 128 Å². The maximum atomic E-state index is 12.5. The van der Waals surface area contributed by atoms with Gasteiger partial charge in [0.2, 0.25) is 0 Å². The van der Waals surface area contributed by atoms with Gasteiger partial charge in [-0.25, -0.2) is 18.7 Å². The van der Waals surface area contributed by atoms with Gasteiger partial charge in [0.05, 0.1) is 16.8 Å². The fourth-order valence-electron chi connectivity index (χ4n) is 1.60. The van der Waals surface area contributed by atoms with Gasteiger partial charge in [-0.15, -0.1) is 0 Å². The van der Waals surface area contributed by atoms with Gasteiger partial charge in [0.15, 0.2) is 5.82 Å². The van der Waals surface area contributed by atoms with E-state index in [2.05, 4.69) is 25.9 Å². The van der Waals surface area contributed by atoms with Gasteiger partial charge < -0.3 is 4.74 Å². The molecule has 0 unspecified atom stereocenters. The average molecular weight is 364 g/mol. The molecular weight excluding hydrogens is 354 g/mol. The third-order valence-corrected chi connectivity index (χ3v) is 3.92. The Kier molecular flexibility index (Phi) is 5.01. The second-order valence-electron chi connectivity index (χ2n) is 3.95. The van der Waals surface area contributed by atoms with Gasteiger partial charge >= 0.3 is 0 Å². The van der Waals surface area contributed by atoms with E-state index in [0.29, 0.717) is 21.6 Å². The molecule has 0 spiro atoms. The lowest BCUT2D eigenvalue weighted by Crippen LogP contribution is -2.00. The first-order valence-electron chi connectivity index (χ1n) is 5.62. The first-order chi connectivity index (χ1) is 9.52. The molecule has 0 fully saturated rings. The molecule has 0 aliphatic heterocycles. The number of benzene rings is 1. The van der Waals surface area contributed by atoms with Crippen LogP contribution in [0.5, 0.6) is 0 Å². The normalized spacial score (nSPS) is 11.1. The second-order valence-corrected chi connectivity index (χ2v) is 5.11. The highest BCUT2D eigenvalue weighted by molar-refractivity contribution is 9.10. The molecule has 0 saturated heterocycles. The number of aromatic nitrogens is 2. The van der Waals surface area contributed by atoms with Crippen LogP contribution in [0.2, 0.25) is 5.15 Å². The van der Waals surface area contributed by atoms with Crippen LogP contribution >= 0.6 is 27.5 Å². The molecule has 0 radical (unpaired) electrons. The van der Waals surface area contributed by atoms with Gasteiger partial charge in [-0.2, -0.15) is 0 Å². The van der Waals surface area contributed by atoms with Crippen molar-refractivity contribution in [2.24, 2.45) is 0 Å². The Morgan fingerprint density at radius 3 is 2.45 bits per heavy atom. The lowest BCUT2D eigenvalue weighted by atomic mass is 10.1. The van der Waals surface area contributed by atoms with E-state index in [1.54, 1.807) is 7.11 Å². The van der Waals surface area contributed by atoms with E-state index in [1.165, 1.54) is 24.3 Å². The second kappa shape index (κ2) is 6.56. The van der Waals surface area contributed by atoms with Gasteiger partial charge in [0.25, 0.3) is 6.43 Å². The lowest BCUT2D eigenvalue weighted by molar-refractivity contribution is 0.151. The molecule has 106 valence electrons. The quantitative estimate of drug-likeness (QED) is 0.742. The molecule has 0 saturated carbocycles. The number of hydrogen-bond donors (Lipinski definition) is 0. The maximum absolute atomic E-state index is 12.5. The Balaban J connectivity index is 2.41. The van der Waals surface area contributed by atoms with Gasteiger partial charge in [0.1, 0.15) is 5.15 Å². The molecule has 1 aromatic carbocycles. The summed E-state index contributed by atoms with van der Waals surface area (Å²) in [5.41, 5.74) is 1.16. The fraction of sp³-hybridized carbons (Fsp3) is 0.231. The monoisotopic (exact) mass is 362 g/mol. The van der Waals surface area contributed by atoms with Crippen LogP contribution < -0.4 is 0 Å². The summed E-state index contributed by atoms with van der Waals surface area (Å²) in [6.07, 6.45) is -2.50. The van der Waals surface area contributed by atoms with Crippen molar-refractivity contribution in [3.8, 4) is 11.4 Å². The zero-order chi connectivity index (χ0) is 14.7. The molecule has 0 aliphatic carbocycles. The van der Waals surface area contributed by atoms with Crippen molar-refractivity contribution >= 4 is 27.5 Å². The van der Waals surface area contributed by atoms with Crippen molar-refractivity contribution in [3.63, 3.8) is 0 Å². The van der Waals surface area contributed by atoms with E-state index < -0.39 is 6.43 Å². The van der Waals surface area contributed by atoms with E-state index >= 15 is 0 Å². The van der Waals surface area contributed by atoms with Crippen molar-refractivity contribution < 1.29 is 13.5 Å². The van der Waals surface area contributed by atoms with Crippen molar-refractivity contribution in [1.82, 2.24) is 9.97 Å². The molecule has 7 heteroatoms. The SMILES string of the molecule is COCc1nc(-c2ccc(C(F)F)cc2)nc(Cl)c1Br. The zero-order valence-electron chi connectivity index (χ0n) is 10.4. The van der Waals surface area contributed by atoms with Crippen molar-refractivity contribution in [2.75, 3.05) is 7.11 Å². The number of nitrogens with zero attached hydrogens (tertiary/aromatic N) is 2. The third-order valence-electron chi connectivity index (χ3n) is 2.58. The van der Waals surface area contributed by atoms with Gasteiger partial charge in [0, 0.05) is 18.2 Å². The molecular formula is C13H10BrClF2N2O. The van der Waals surface area contributed by atoms with E-state index in [9.17, 15) is 8.78 Å². The molecule has 1 heterocycles. The third kappa shape index (κ3) is 3.31. The minimum Gasteiger partial charge on any atom is -0.378 e. The minimum atomic E-state index is -2.50. The smallest absolute Gasteiger partial charge is 0.263 e. The first kappa shape index (κ1) is 15.3. The number of ether oxygens (including phenoxy) is 1. The van der Waals surface area contributed by atoms with E-state index in [0.717, 1.165) is 0 Å². The Morgan fingerprint density at radius 2 is 1.90 bits per heavy atom. The summed E-state index contributed by atoms with van der Waals surface area (Å²) in [7, 11) is 1.54. The van der Waals surface area contributed by atoms with Crippen molar-refractivity contribution in [1.29, 1.82) is 0 Å². The highest BCUT2D eigenvalue weighted by Crippen LogP contribution is 2.28. The standard InChI is InChI=1S/C13H10BrClF2N2O/c1-20-6-9-10(14)11(15)19-13(18-9)8-4-2-7(3-5-8)12(16)17/h2-5,12H,6H2,1H3. The fourth-order valence-corrected chi connectivity index (χ4v) is 2.08. The number of rotatable bonds is 4. The van der Waals surface area contributed by atoms with Crippen molar-refractivity contribution in [3.05, 3.63) is 45.1 Å². The molecule has 2 rings (SSSR count). The minimum absolute atomic E-state index is 0.0472. The largest absolute Gasteiger partial charge is 0.378 e. The van der Waals surface area contributed by atoms with Crippen LogP contribution in [0.3, 0.4) is 0 Å². The summed E-state index contributed by atoms with van der Waals surface area (Å²) in [5, 5.41) is 0.250. The Bertz CT molecular complexity index is 608. The molecule has 0 aliphatic rings. The predicted octanol–water partition coefficient (Wildman–Crippen LogP) is 4.64. The summed E-state index contributed by atoms with van der Waals surface area (Å²) >= 11 is 9.30. The first-order valence-corrected chi connectivity index (χ1v) is 6.79. The van der Waals surface area contributed by atoms with Crippen LogP contribution in [0, 0.1) is 0 Å². The highest BCUT2D eigenvalue weighted by atomic mass is 79.9. The van der Waals surface area contributed by atoms with Crippen LogP contribution in [0.4, 0.5) is 8.78 Å². The lowest BCUT2D eigenvalue weighted by Gasteiger charge is -2.08. The molecule has 0 atom stereocenters. The van der Waals surface area contributed by atoms with Crippen LogP contribution in [-0.4, -0.2) is 17.1 Å². The van der Waals surface area contributed by atoms with Crippen LogP contribution in [0.1, 0.15) is 17.7 Å². The van der Waals surface area contributed by atoms with Crippen LogP contribution in [0.25, 0.3) is 11.4 Å². The summed E-state index contributed by atoms with van der Waals surface area (Å²) in [6.45, 7) is 0.269. The number of halogens is 4. The summed E-state index contributed by atoms with van der Waals surface area (Å²) in [4.78, 5) is 8.44. The summed E-state index contributed by atoms with van der Waals surface area (Å²) in [6, 6.07) is 5.76. The molecule has 0 bridgehead atoms. The van der Waals surface area contributed by atoms with Crippen LogP contribution in [0.15, 0.2) is 28.7 Å². The van der Waals surface area contributed by atoms with Crippen molar-refractivity contribution in [2.45, 2.75) is 13.0 Å². The van der Waals surface area contributed by atoms with E-state index in [-0.39, 0.29) is 17.3 Å². The number of methoxy groups -OCH3 is 1. The Morgan fingerprint density at radius 1 is 1.25 bits per heavy atom. The molecule has 1 aromatic heterocycles. The highest BCUT2D eigenvalue weighted by Gasteiger charge is 2.13. The molecule has 0 amide bonds. The molecule has 2 aromatic rings. The van der Waals surface area contributed by atoms with Gasteiger partial charge in [-0.1, -0.05) is 35.9 Å². The topological polar surface area (TPSA) is 35.0 Å². The Hall–Kier alpha value is -1.11. The van der Waals surface area contributed by atoms with Crippen LogP contribution in [-0.2, 0) is 11.3 Å².